The van der Waals surface area contributed by atoms with E-state index in [1.54, 1.807) is 19.1 Å². The van der Waals surface area contributed by atoms with Crippen molar-refractivity contribution in [2.75, 3.05) is 5.32 Å². The SMILES string of the molecule is Cc1ccc(NC(=O)[C@H](C)Oc2ccc(F)cc2)cc1Cl. The first-order valence-electron chi connectivity index (χ1n) is 6.45. The Morgan fingerprint density at radius 2 is 1.90 bits per heavy atom. The second-order valence-electron chi connectivity index (χ2n) is 4.67. The van der Waals surface area contributed by atoms with Crippen molar-refractivity contribution in [2.24, 2.45) is 0 Å². The van der Waals surface area contributed by atoms with E-state index in [4.69, 9.17) is 16.3 Å². The van der Waals surface area contributed by atoms with Crippen molar-refractivity contribution in [3.8, 4) is 5.75 Å². The third-order valence-corrected chi connectivity index (χ3v) is 3.34. The first kappa shape index (κ1) is 15.3. The molecule has 0 saturated carbocycles. The van der Waals surface area contributed by atoms with Gasteiger partial charge in [0, 0.05) is 10.7 Å². The van der Waals surface area contributed by atoms with Crippen LogP contribution >= 0.6 is 11.6 Å². The average Bonchev–Trinajstić information content (AvgIpc) is 2.45. The zero-order valence-corrected chi connectivity index (χ0v) is 12.4. The summed E-state index contributed by atoms with van der Waals surface area (Å²) in [7, 11) is 0. The zero-order chi connectivity index (χ0) is 15.4. The maximum Gasteiger partial charge on any atom is 0.265 e. The van der Waals surface area contributed by atoms with Gasteiger partial charge in [0.15, 0.2) is 6.10 Å². The molecule has 1 atom stereocenters. The van der Waals surface area contributed by atoms with Gasteiger partial charge in [-0.15, -0.1) is 0 Å². The van der Waals surface area contributed by atoms with Gasteiger partial charge in [0.1, 0.15) is 11.6 Å². The van der Waals surface area contributed by atoms with E-state index in [9.17, 15) is 9.18 Å². The minimum Gasteiger partial charge on any atom is -0.481 e. The number of ether oxygens (including phenoxy) is 1. The second-order valence-corrected chi connectivity index (χ2v) is 5.07. The van der Waals surface area contributed by atoms with Gasteiger partial charge in [0.25, 0.3) is 5.91 Å². The summed E-state index contributed by atoms with van der Waals surface area (Å²) in [6.07, 6.45) is -0.712. The van der Waals surface area contributed by atoms with Gasteiger partial charge in [0.2, 0.25) is 0 Å². The minimum absolute atomic E-state index is 0.306. The molecule has 110 valence electrons. The van der Waals surface area contributed by atoms with Crippen molar-refractivity contribution in [3.63, 3.8) is 0 Å². The van der Waals surface area contributed by atoms with Gasteiger partial charge >= 0.3 is 0 Å². The molecule has 2 aromatic rings. The standard InChI is InChI=1S/C16H15ClFNO2/c1-10-3-6-13(9-15(10)17)19-16(20)11(2)21-14-7-4-12(18)5-8-14/h3-9,11H,1-2H3,(H,19,20)/t11-/m0/s1. The minimum atomic E-state index is -0.712. The van der Waals surface area contributed by atoms with Gasteiger partial charge in [-0.1, -0.05) is 17.7 Å². The van der Waals surface area contributed by atoms with Crippen LogP contribution in [0.5, 0.6) is 5.75 Å². The predicted octanol–water partition coefficient (Wildman–Crippen LogP) is 4.19. The summed E-state index contributed by atoms with van der Waals surface area (Å²) in [5, 5.41) is 3.30. The summed E-state index contributed by atoms with van der Waals surface area (Å²) in [5.74, 6) is -0.228. The van der Waals surface area contributed by atoms with Crippen LogP contribution in [0.3, 0.4) is 0 Å². The smallest absolute Gasteiger partial charge is 0.265 e. The molecule has 1 N–H and O–H groups in total. The highest BCUT2D eigenvalue weighted by molar-refractivity contribution is 6.31. The Labute approximate surface area is 127 Å². The molecule has 2 aromatic carbocycles. The van der Waals surface area contributed by atoms with Gasteiger partial charge in [-0.2, -0.15) is 0 Å². The van der Waals surface area contributed by atoms with Crippen molar-refractivity contribution in [1.29, 1.82) is 0 Å². The number of anilines is 1. The number of carbonyl (C=O) groups excluding carboxylic acids is 1. The van der Waals surface area contributed by atoms with Gasteiger partial charge in [-0.25, -0.2) is 4.39 Å². The molecule has 3 nitrogen and oxygen atoms in total. The summed E-state index contributed by atoms with van der Waals surface area (Å²) >= 11 is 6.00. The number of carbonyl (C=O) groups is 1. The Bertz CT molecular complexity index is 643. The summed E-state index contributed by atoms with van der Waals surface area (Å²) in [6, 6.07) is 10.8. The Kier molecular flexibility index (Phi) is 4.81. The molecule has 0 aliphatic rings. The number of aryl methyl sites for hydroxylation is 1. The average molecular weight is 308 g/mol. The van der Waals surface area contributed by atoms with Crippen LogP contribution in [0.15, 0.2) is 42.5 Å². The summed E-state index contributed by atoms with van der Waals surface area (Å²) < 4.78 is 18.2. The molecule has 1 amide bonds. The Morgan fingerprint density at radius 1 is 1.24 bits per heavy atom. The van der Waals surface area contributed by atoms with Gasteiger partial charge in [-0.3, -0.25) is 4.79 Å². The molecule has 0 aliphatic carbocycles. The quantitative estimate of drug-likeness (QED) is 0.919. The van der Waals surface area contributed by atoms with Crippen LogP contribution in [-0.2, 0) is 4.79 Å². The first-order chi connectivity index (χ1) is 9.95. The van der Waals surface area contributed by atoms with Gasteiger partial charge < -0.3 is 10.1 Å². The molecular weight excluding hydrogens is 293 g/mol. The van der Waals surface area contributed by atoms with E-state index in [1.165, 1.54) is 24.3 Å². The molecular formula is C16H15ClFNO2. The first-order valence-corrected chi connectivity index (χ1v) is 6.83. The van der Waals surface area contributed by atoms with Crippen LogP contribution in [0.25, 0.3) is 0 Å². The van der Waals surface area contributed by atoms with Crippen molar-refractivity contribution in [2.45, 2.75) is 20.0 Å². The van der Waals surface area contributed by atoms with E-state index in [2.05, 4.69) is 5.32 Å². The van der Waals surface area contributed by atoms with E-state index >= 15 is 0 Å². The fraction of sp³-hybridized carbons (Fsp3) is 0.188. The van der Waals surface area contributed by atoms with E-state index in [-0.39, 0.29) is 11.7 Å². The molecule has 21 heavy (non-hydrogen) atoms. The van der Waals surface area contributed by atoms with Crippen molar-refractivity contribution in [3.05, 3.63) is 58.9 Å². The Hall–Kier alpha value is -2.07. The topological polar surface area (TPSA) is 38.3 Å². The maximum atomic E-state index is 12.8. The molecule has 5 heteroatoms. The molecule has 0 fully saturated rings. The van der Waals surface area contributed by atoms with E-state index < -0.39 is 6.10 Å². The Morgan fingerprint density at radius 3 is 2.52 bits per heavy atom. The highest BCUT2D eigenvalue weighted by atomic mass is 35.5. The number of hydrogen-bond acceptors (Lipinski definition) is 2. The molecule has 0 bridgehead atoms. The van der Waals surface area contributed by atoms with Crippen LogP contribution in [0.4, 0.5) is 10.1 Å². The van der Waals surface area contributed by atoms with Crippen LogP contribution in [-0.4, -0.2) is 12.0 Å². The molecule has 0 spiro atoms. The van der Waals surface area contributed by atoms with Crippen LogP contribution < -0.4 is 10.1 Å². The fourth-order valence-electron chi connectivity index (χ4n) is 1.69. The molecule has 0 heterocycles. The summed E-state index contributed by atoms with van der Waals surface area (Å²) in [4.78, 5) is 12.0. The highest BCUT2D eigenvalue weighted by Crippen LogP contribution is 2.20. The van der Waals surface area contributed by atoms with Crippen molar-refractivity contribution < 1.29 is 13.9 Å². The van der Waals surface area contributed by atoms with Gasteiger partial charge in [-0.05, 0) is 55.8 Å². The van der Waals surface area contributed by atoms with E-state index in [0.29, 0.717) is 16.5 Å². The number of amides is 1. The molecule has 0 radical (unpaired) electrons. The Balaban J connectivity index is 1.98. The van der Waals surface area contributed by atoms with Crippen molar-refractivity contribution in [1.82, 2.24) is 0 Å². The molecule has 0 unspecified atom stereocenters. The number of rotatable bonds is 4. The lowest BCUT2D eigenvalue weighted by molar-refractivity contribution is -0.122. The largest absolute Gasteiger partial charge is 0.481 e. The zero-order valence-electron chi connectivity index (χ0n) is 11.7. The third-order valence-electron chi connectivity index (χ3n) is 2.94. The molecule has 2 rings (SSSR count). The maximum absolute atomic E-state index is 12.8. The second kappa shape index (κ2) is 6.59. The molecule has 0 aromatic heterocycles. The highest BCUT2D eigenvalue weighted by Gasteiger charge is 2.15. The summed E-state index contributed by atoms with van der Waals surface area (Å²) in [6.45, 7) is 3.50. The predicted molar refractivity (Wildman–Crippen MR) is 81.3 cm³/mol. The number of hydrogen-bond donors (Lipinski definition) is 1. The van der Waals surface area contributed by atoms with Crippen molar-refractivity contribution >= 4 is 23.2 Å². The number of nitrogens with one attached hydrogen (secondary N) is 1. The lowest BCUT2D eigenvalue weighted by atomic mass is 10.2. The van der Waals surface area contributed by atoms with Crippen LogP contribution in [0.1, 0.15) is 12.5 Å². The molecule has 0 aliphatic heterocycles. The van der Waals surface area contributed by atoms with E-state index in [0.717, 1.165) is 5.56 Å². The van der Waals surface area contributed by atoms with E-state index in [1.807, 2.05) is 13.0 Å². The molecule has 0 saturated heterocycles. The normalized spacial score (nSPS) is 11.8. The summed E-state index contributed by atoms with van der Waals surface area (Å²) in [5.41, 5.74) is 1.54. The van der Waals surface area contributed by atoms with Gasteiger partial charge in [0.05, 0.1) is 0 Å². The van der Waals surface area contributed by atoms with Crippen LogP contribution in [0.2, 0.25) is 5.02 Å². The lowest BCUT2D eigenvalue weighted by Gasteiger charge is -2.15. The lowest BCUT2D eigenvalue weighted by Crippen LogP contribution is -2.30. The number of benzene rings is 2. The van der Waals surface area contributed by atoms with Crippen LogP contribution in [0, 0.1) is 12.7 Å². The third kappa shape index (κ3) is 4.20. The monoisotopic (exact) mass is 307 g/mol. The number of halogens is 2. The fourth-order valence-corrected chi connectivity index (χ4v) is 1.87.